The summed E-state index contributed by atoms with van der Waals surface area (Å²) in [5.41, 5.74) is 1.89. The molecule has 0 saturated carbocycles. The largest absolute Gasteiger partial charge is 0.378 e. The van der Waals surface area contributed by atoms with Crippen LogP contribution in [0.2, 0.25) is 0 Å². The summed E-state index contributed by atoms with van der Waals surface area (Å²) in [5.74, 6) is 0.0817. The van der Waals surface area contributed by atoms with E-state index in [0.717, 1.165) is 50.5 Å². The number of morpholine rings is 1. The van der Waals surface area contributed by atoms with Crippen molar-refractivity contribution < 1.29 is 9.53 Å². The second-order valence-corrected chi connectivity index (χ2v) is 6.19. The van der Waals surface area contributed by atoms with Crippen molar-refractivity contribution in [1.82, 2.24) is 19.9 Å². The van der Waals surface area contributed by atoms with E-state index in [2.05, 4.69) is 15.1 Å². The van der Waals surface area contributed by atoms with Crippen LogP contribution in [0.5, 0.6) is 0 Å². The Morgan fingerprint density at radius 1 is 1.04 bits per heavy atom. The number of nitrogens with zero attached hydrogens (tertiary/aromatic N) is 5. The molecule has 0 spiro atoms. The Kier molecular flexibility index (Phi) is 4.17. The van der Waals surface area contributed by atoms with Gasteiger partial charge in [-0.05, 0) is 30.7 Å². The number of hydrogen-bond acceptors (Lipinski definition) is 5. The molecule has 1 atom stereocenters. The van der Waals surface area contributed by atoms with Crippen molar-refractivity contribution in [1.29, 1.82) is 0 Å². The summed E-state index contributed by atoms with van der Waals surface area (Å²) in [6.07, 6.45) is 4.25. The number of carbonyl (C=O) groups is 1. The minimum absolute atomic E-state index is 0.0817. The molecule has 0 radical (unpaired) electrons. The first-order valence-electron chi connectivity index (χ1n) is 8.39. The molecule has 2 aromatic rings. The van der Waals surface area contributed by atoms with E-state index in [4.69, 9.17) is 4.74 Å². The van der Waals surface area contributed by atoms with Crippen LogP contribution in [0.15, 0.2) is 36.7 Å². The van der Waals surface area contributed by atoms with Crippen LogP contribution in [0, 0.1) is 0 Å². The van der Waals surface area contributed by atoms with Gasteiger partial charge in [0.05, 0.1) is 31.6 Å². The maximum absolute atomic E-state index is 12.7. The molecule has 24 heavy (non-hydrogen) atoms. The smallest absolute Gasteiger partial charge is 0.253 e. The van der Waals surface area contributed by atoms with Crippen LogP contribution in [0.1, 0.15) is 22.8 Å². The molecule has 1 aromatic heterocycles. The van der Waals surface area contributed by atoms with E-state index in [9.17, 15) is 4.79 Å². The van der Waals surface area contributed by atoms with E-state index in [-0.39, 0.29) is 11.9 Å². The highest BCUT2D eigenvalue weighted by Crippen LogP contribution is 2.23. The number of benzene rings is 1. The molecule has 1 amide bonds. The average molecular weight is 327 g/mol. The Morgan fingerprint density at radius 3 is 2.46 bits per heavy atom. The van der Waals surface area contributed by atoms with E-state index in [1.807, 2.05) is 29.2 Å². The summed E-state index contributed by atoms with van der Waals surface area (Å²) in [5, 5.41) is 8.36. The molecule has 7 heteroatoms. The molecular weight excluding hydrogens is 306 g/mol. The fraction of sp³-hybridized carbons (Fsp3) is 0.471. The van der Waals surface area contributed by atoms with E-state index in [1.54, 1.807) is 17.2 Å². The Bertz CT molecular complexity index is 680. The maximum atomic E-state index is 12.7. The lowest BCUT2D eigenvalue weighted by molar-refractivity contribution is 0.0786. The van der Waals surface area contributed by atoms with Gasteiger partial charge in [0.25, 0.3) is 5.91 Å². The van der Waals surface area contributed by atoms with Crippen LogP contribution in [0.3, 0.4) is 0 Å². The molecule has 126 valence electrons. The van der Waals surface area contributed by atoms with Gasteiger partial charge >= 0.3 is 0 Å². The predicted molar refractivity (Wildman–Crippen MR) is 89.1 cm³/mol. The van der Waals surface area contributed by atoms with Crippen LogP contribution in [-0.2, 0) is 4.74 Å². The third-order valence-electron chi connectivity index (χ3n) is 4.70. The van der Waals surface area contributed by atoms with Gasteiger partial charge in [0, 0.05) is 37.4 Å². The van der Waals surface area contributed by atoms with Crippen molar-refractivity contribution in [3.05, 3.63) is 42.2 Å². The molecule has 3 heterocycles. The van der Waals surface area contributed by atoms with Gasteiger partial charge in [0.1, 0.15) is 0 Å². The van der Waals surface area contributed by atoms with Gasteiger partial charge in [0.2, 0.25) is 0 Å². The topological polar surface area (TPSA) is 63.5 Å². The van der Waals surface area contributed by atoms with Gasteiger partial charge in [0.15, 0.2) is 0 Å². The summed E-state index contributed by atoms with van der Waals surface area (Å²) in [6.45, 7) is 4.74. The Morgan fingerprint density at radius 2 is 1.75 bits per heavy atom. The molecule has 1 aromatic carbocycles. The van der Waals surface area contributed by atoms with E-state index in [0.29, 0.717) is 6.54 Å². The minimum Gasteiger partial charge on any atom is -0.378 e. The normalized spacial score (nSPS) is 21.2. The van der Waals surface area contributed by atoms with Crippen molar-refractivity contribution in [2.45, 2.75) is 12.5 Å². The van der Waals surface area contributed by atoms with Crippen LogP contribution < -0.4 is 4.90 Å². The number of carbonyl (C=O) groups excluding carboxylic acids is 1. The van der Waals surface area contributed by atoms with Crippen LogP contribution >= 0.6 is 0 Å². The number of amides is 1. The zero-order chi connectivity index (χ0) is 16.4. The fourth-order valence-electron chi connectivity index (χ4n) is 3.35. The number of aromatic nitrogens is 3. The highest BCUT2D eigenvalue weighted by atomic mass is 16.5. The number of hydrogen-bond donors (Lipinski definition) is 0. The summed E-state index contributed by atoms with van der Waals surface area (Å²) in [7, 11) is 0. The van der Waals surface area contributed by atoms with Crippen LogP contribution in [0.4, 0.5) is 5.69 Å². The molecular formula is C17H21N5O2. The molecule has 1 unspecified atom stereocenters. The number of ether oxygens (including phenoxy) is 1. The Labute approximate surface area is 140 Å². The lowest BCUT2D eigenvalue weighted by Crippen LogP contribution is -2.36. The standard InChI is InChI=1S/C17H21N5O2/c23-17(21-8-5-16(13-21)22-18-6-7-19-22)14-1-3-15(4-2-14)20-9-11-24-12-10-20/h1-4,6-7,16H,5,8-13H2. The fourth-order valence-corrected chi connectivity index (χ4v) is 3.35. The summed E-state index contributed by atoms with van der Waals surface area (Å²) < 4.78 is 5.38. The third-order valence-corrected chi connectivity index (χ3v) is 4.70. The van der Waals surface area contributed by atoms with Crippen molar-refractivity contribution in [2.24, 2.45) is 0 Å². The predicted octanol–water partition coefficient (Wildman–Crippen LogP) is 1.20. The van der Waals surface area contributed by atoms with Gasteiger partial charge in [-0.1, -0.05) is 0 Å². The van der Waals surface area contributed by atoms with Crippen molar-refractivity contribution in [3.8, 4) is 0 Å². The first-order chi connectivity index (χ1) is 11.8. The highest BCUT2D eigenvalue weighted by Gasteiger charge is 2.29. The lowest BCUT2D eigenvalue weighted by Gasteiger charge is -2.29. The van der Waals surface area contributed by atoms with Gasteiger partial charge < -0.3 is 14.5 Å². The van der Waals surface area contributed by atoms with Gasteiger partial charge in [-0.25, -0.2) is 0 Å². The quantitative estimate of drug-likeness (QED) is 0.848. The summed E-state index contributed by atoms with van der Waals surface area (Å²) in [4.78, 5) is 18.6. The number of rotatable bonds is 3. The van der Waals surface area contributed by atoms with E-state index in [1.165, 1.54) is 0 Å². The molecule has 4 rings (SSSR count). The monoisotopic (exact) mass is 327 g/mol. The number of likely N-dealkylation sites (tertiary alicyclic amines) is 1. The zero-order valence-electron chi connectivity index (χ0n) is 13.5. The second-order valence-electron chi connectivity index (χ2n) is 6.19. The zero-order valence-corrected chi connectivity index (χ0v) is 13.5. The van der Waals surface area contributed by atoms with E-state index >= 15 is 0 Å². The molecule has 2 fully saturated rings. The summed E-state index contributed by atoms with van der Waals surface area (Å²) >= 11 is 0. The van der Waals surface area contributed by atoms with E-state index < -0.39 is 0 Å². The van der Waals surface area contributed by atoms with Crippen molar-refractivity contribution in [3.63, 3.8) is 0 Å². The molecule has 2 aliphatic rings. The maximum Gasteiger partial charge on any atom is 0.253 e. The summed E-state index contributed by atoms with van der Waals surface area (Å²) in [6, 6.07) is 8.08. The molecule has 0 aliphatic carbocycles. The third kappa shape index (κ3) is 2.99. The highest BCUT2D eigenvalue weighted by molar-refractivity contribution is 5.94. The van der Waals surface area contributed by atoms with Gasteiger partial charge in [-0.3, -0.25) is 4.79 Å². The number of anilines is 1. The molecule has 0 bridgehead atoms. The first kappa shape index (κ1) is 15.1. The lowest BCUT2D eigenvalue weighted by atomic mass is 10.1. The Hall–Kier alpha value is -2.41. The van der Waals surface area contributed by atoms with Gasteiger partial charge in [-0.15, -0.1) is 0 Å². The van der Waals surface area contributed by atoms with Gasteiger partial charge in [-0.2, -0.15) is 15.0 Å². The molecule has 0 N–H and O–H groups in total. The van der Waals surface area contributed by atoms with Crippen molar-refractivity contribution >= 4 is 11.6 Å². The average Bonchev–Trinajstić information content (AvgIpc) is 3.33. The van der Waals surface area contributed by atoms with Crippen LogP contribution in [-0.4, -0.2) is 65.2 Å². The second kappa shape index (κ2) is 6.60. The molecule has 2 aliphatic heterocycles. The SMILES string of the molecule is O=C(c1ccc(N2CCOCC2)cc1)N1CCC(n2nccn2)C1. The van der Waals surface area contributed by atoms with Crippen molar-refractivity contribution in [2.75, 3.05) is 44.3 Å². The Balaban J connectivity index is 1.41. The molecule has 7 nitrogen and oxygen atoms in total. The molecule has 2 saturated heterocycles. The first-order valence-corrected chi connectivity index (χ1v) is 8.39. The minimum atomic E-state index is 0.0817. The van der Waals surface area contributed by atoms with Crippen LogP contribution in [0.25, 0.3) is 0 Å².